The van der Waals surface area contributed by atoms with Gasteiger partial charge in [0.1, 0.15) is 6.07 Å². The number of benzene rings is 1. The summed E-state index contributed by atoms with van der Waals surface area (Å²) in [5.74, 6) is 0.571. The van der Waals surface area contributed by atoms with Crippen molar-refractivity contribution in [3.8, 4) is 6.07 Å². The molecule has 1 aromatic carbocycles. The summed E-state index contributed by atoms with van der Waals surface area (Å²) in [6, 6.07) is 8.46. The second-order valence-corrected chi connectivity index (χ2v) is 5.57. The van der Waals surface area contributed by atoms with E-state index in [4.69, 9.17) is 4.74 Å². The number of nitriles is 1. The first-order valence-electron chi connectivity index (χ1n) is 6.61. The fourth-order valence-electron chi connectivity index (χ4n) is 2.69. The molecular weight excluding hydrogens is 304 g/mol. The van der Waals surface area contributed by atoms with Crippen LogP contribution in [0.25, 0.3) is 0 Å². The van der Waals surface area contributed by atoms with Crippen LogP contribution >= 0.6 is 15.9 Å². The minimum absolute atomic E-state index is 0.571. The number of hydrogen-bond donors (Lipinski definition) is 0. The number of piperidine rings is 1. The van der Waals surface area contributed by atoms with E-state index in [-0.39, 0.29) is 0 Å². The maximum atomic E-state index is 9.32. The van der Waals surface area contributed by atoms with Crippen LogP contribution in [0.4, 0.5) is 5.69 Å². The van der Waals surface area contributed by atoms with E-state index in [2.05, 4.69) is 39.0 Å². The molecule has 1 aliphatic heterocycles. The van der Waals surface area contributed by atoms with Gasteiger partial charge < -0.3 is 9.64 Å². The molecule has 1 saturated heterocycles. The number of anilines is 1. The molecular formula is C15H19BrN2O. The van der Waals surface area contributed by atoms with Gasteiger partial charge in [-0.3, -0.25) is 0 Å². The van der Waals surface area contributed by atoms with Gasteiger partial charge in [-0.15, -0.1) is 0 Å². The molecule has 0 spiro atoms. The first kappa shape index (κ1) is 14.4. The summed E-state index contributed by atoms with van der Waals surface area (Å²) >= 11 is 3.43. The van der Waals surface area contributed by atoms with Crippen molar-refractivity contribution in [2.24, 2.45) is 5.92 Å². The van der Waals surface area contributed by atoms with Crippen LogP contribution in [0.15, 0.2) is 18.2 Å². The third-order valence-corrected chi connectivity index (χ3v) is 4.25. The predicted octanol–water partition coefficient (Wildman–Crippen LogP) is 3.32. The molecule has 102 valence electrons. The Hall–Kier alpha value is -1.05. The highest BCUT2D eigenvalue weighted by molar-refractivity contribution is 9.08. The highest BCUT2D eigenvalue weighted by Crippen LogP contribution is 2.27. The molecule has 0 radical (unpaired) electrons. The summed E-state index contributed by atoms with van der Waals surface area (Å²) in [6.07, 6.45) is 2.38. The molecule has 4 heteroatoms. The van der Waals surface area contributed by atoms with Gasteiger partial charge in [0.05, 0.1) is 17.9 Å². The van der Waals surface area contributed by atoms with Crippen molar-refractivity contribution < 1.29 is 4.74 Å². The third kappa shape index (κ3) is 3.49. The zero-order chi connectivity index (χ0) is 13.7. The molecule has 0 amide bonds. The molecule has 1 aromatic rings. The topological polar surface area (TPSA) is 36.3 Å². The van der Waals surface area contributed by atoms with Gasteiger partial charge in [-0.2, -0.15) is 5.26 Å². The second-order valence-electron chi connectivity index (χ2n) is 5.01. The zero-order valence-corrected chi connectivity index (χ0v) is 12.8. The fraction of sp³-hybridized carbons (Fsp3) is 0.533. The Labute approximate surface area is 123 Å². The predicted molar refractivity (Wildman–Crippen MR) is 80.6 cm³/mol. The molecule has 0 saturated carbocycles. The van der Waals surface area contributed by atoms with Crippen LogP contribution in [-0.4, -0.2) is 26.8 Å². The number of ether oxygens (including phenoxy) is 1. The summed E-state index contributed by atoms with van der Waals surface area (Å²) in [6.45, 7) is 2.82. The summed E-state index contributed by atoms with van der Waals surface area (Å²) < 4.78 is 5.26. The Balaban J connectivity index is 2.19. The molecule has 0 aromatic heterocycles. The first-order valence-corrected chi connectivity index (χ1v) is 7.73. The Morgan fingerprint density at radius 1 is 1.53 bits per heavy atom. The quantitative estimate of drug-likeness (QED) is 0.798. The minimum atomic E-state index is 0.571. The summed E-state index contributed by atoms with van der Waals surface area (Å²) in [4.78, 5) is 2.32. The monoisotopic (exact) mass is 322 g/mol. The van der Waals surface area contributed by atoms with E-state index in [1.165, 1.54) is 12.8 Å². The van der Waals surface area contributed by atoms with Gasteiger partial charge in [0.15, 0.2) is 0 Å². The van der Waals surface area contributed by atoms with E-state index in [1.54, 1.807) is 7.11 Å². The van der Waals surface area contributed by atoms with Gasteiger partial charge in [0.2, 0.25) is 0 Å². The van der Waals surface area contributed by atoms with Crippen LogP contribution < -0.4 is 4.90 Å². The van der Waals surface area contributed by atoms with Gasteiger partial charge in [-0.05, 0) is 36.5 Å². The maximum Gasteiger partial charge on any atom is 0.101 e. The van der Waals surface area contributed by atoms with E-state index in [0.717, 1.165) is 41.8 Å². The number of rotatable bonds is 4. The zero-order valence-electron chi connectivity index (χ0n) is 11.2. The standard InChI is InChI=1S/C15H19BrN2O/c1-19-11-13-3-2-6-18(10-13)15-5-4-12(8-16)7-14(15)9-17/h4-5,7,13H,2-3,6,8,10-11H2,1H3. The van der Waals surface area contributed by atoms with E-state index in [1.807, 2.05) is 6.07 Å². The molecule has 1 fully saturated rings. The van der Waals surface area contributed by atoms with Crippen molar-refractivity contribution >= 4 is 21.6 Å². The highest BCUT2D eigenvalue weighted by atomic mass is 79.9. The average molecular weight is 323 g/mol. The van der Waals surface area contributed by atoms with Crippen molar-refractivity contribution in [1.82, 2.24) is 0 Å². The molecule has 1 atom stereocenters. The van der Waals surface area contributed by atoms with Gasteiger partial charge in [-0.25, -0.2) is 0 Å². The number of methoxy groups -OCH3 is 1. The molecule has 19 heavy (non-hydrogen) atoms. The van der Waals surface area contributed by atoms with E-state index in [0.29, 0.717) is 5.92 Å². The number of nitrogens with zero attached hydrogens (tertiary/aromatic N) is 2. The van der Waals surface area contributed by atoms with Crippen LogP contribution in [0.1, 0.15) is 24.0 Å². The number of alkyl halides is 1. The molecule has 1 unspecified atom stereocenters. The van der Waals surface area contributed by atoms with Crippen molar-refractivity contribution in [2.75, 3.05) is 31.7 Å². The molecule has 0 aliphatic carbocycles. The van der Waals surface area contributed by atoms with Crippen LogP contribution in [0.3, 0.4) is 0 Å². The molecule has 2 rings (SSSR count). The SMILES string of the molecule is COCC1CCCN(c2ccc(CBr)cc2C#N)C1. The lowest BCUT2D eigenvalue weighted by atomic mass is 9.97. The van der Waals surface area contributed by atoms with E-state index >= 15 is 0 Å². The van der Waals surface area contributed by atoms with Crippen molar-refractivity contribution in [2.45, 2.75) is 18.2 Å². The Morgan fingerprint density at radius 2 is 2.37 bits per heavy atom. The maximum absolute atomic E-state index is 9.32. The summed E-state index contributed by atoms with van der Waals surface area (Å²) in [5.41, 5.74) is 2.98. The van der Waals surface area contributed by atoms with Gasteiger partial charge in [-0.1, -0.05) is 22.0 Å². The summed E-state index contributed by atoms with van der Waals surface area (Å²) in [5, 5.41) is 10.1. The van der Waals surface area contributed by atoms with Crippen molar-refractivity contribution in [1.29, 1.82) is 5.26 Å². The normalized spacial score (nSPS) is 19.2. The van der Waals surface area contributed by atoms with Gasteiger partial charge in [0.25, 0.3) is 0 Å². The second kappa shape index (κ2) is 6.93. The van der Waals surface area contributed by atoms with Crippen LogP contribution in [0, 0.1) is 17.2 Å². The van der Waals surface area contributed by atoms with Gasteiger partial charge >= 0.3 is 0 Å². The van der Waals surface area contributed by atoms with Crippen molar-refractivity contribution in [3.05, 3.63) is 29.3 Å². The average Bonchev–Trinajstić information content (AvgIpc) is 2.47. The first-order chi connectivity index (χ1) is 9.28. The molecule has 0 N–H and O–H groups in total. The molecule has 3 nitrogen and oxygen atoms in total. The van der Waals surface area contributed by atoms with Crippen LogP contribution in [-0.2, 0) is 10.1 Å². The van der Waals surface area contributed by atoms with Crippen LogP contribution in [0.5, 0.6) is 0 Å². The molecule has 0 bridgehead atoms. The Kier molecular flexibility index (Phi) is 5.24. The van der Waals surface area contributed by atoms with E-state index < -0.39 is 0 Å². The number of hydrogen-bond acceptors (Lipinski definition) is 3. The molecule has 1 aliphatic rings. The fourth-order valence-corrected chi connectivity index (χ4v) is 3.04. The Bertz CT molecular complexity index is 468. The largest absolute Gasteiger partial charge is 0.384 e. The third-order valence-electron chi connectivity index (χ3n) is 3.60. The summed E-state index contributed by atoms with van der Waals surface area (Å²) in [7, 11) is 1.75. The lowest BCUT2D eigenvalue weighted by Crippen LogP contribution is -2.37. The highest BCUT2D eigenvalue weighted by Gasteiger charge is 2.21. The Morgan fingerprint density at radius 3 is 3.05 bits per heavy atom. The van der Waals surface area contributed by atoms with Crippen LogP contribution in [0.2, 0.25) is 0 Å². The van der Waals surface area contributed by atoms with Gasteiger partial charge in [0, 0.05) is 25.5 Å². The van der Waals surface area contributed by atoms with E-state index in [9.17, 15) is 5.26 Å². The number of halogens is 1. The minimum Gasteiger partial charge on any atom is -0.384 e. The molecule has 1 heterocycles. The lowest BCUT2D eigenvalue weighted by molar-refractivity contribution is 0.143. The lowest BCUT2D eigenvalue weighted by Gasteiger charge is -2.34. The van der Waals surface area contributed by atoms with Crippen molar-refractivity contribution in [3.63, 3.8) is 0 Å². The smallest absolute Gasteiger partial charge is 0.101 e.